The lowest BCUT2D eigenvalue weighted by Gasteiger charge is -2.26. The van der Waals surface area contributed by atoms with Crippen molar-refractivity contribution in [3.63, 3.8) is 0 Å². The Morgan fingerprint density at radius 1 is 1.26 bits per heavy atom. The van der Waals surface area contributed by atoms with E-state index < -0.39 is 6.04 Å². The zero-order valence-electron chi connectivity index (χ0n) is 16.2. The molecule has 3 rings (SSSR count). The van der Waals surface area contributed by atoms with E-state index in [9.17, 15) is 9.59 Å². The van der Waals surface area contributed by atoms with Gasteiger partial charge in [0.15, 0.2) is 0 Å². The van der Waals surface area contributed by atoms with Crippen LogP contribution in [0.4, 0.5) is 5.69 Å². The van der Waals surface area contributed by atoms with Crippen LogP contribution in [0.2, 0.25) is 0 Å². The molecular formula is C22H31N3O2. The smallest absolute Gasteiger partial charge is 0.250 e. The topological polar surface area (TPSA) is 75.4 Å². The van der Waals surface area contributed by atoms with Gasteiger partial charge in [0.25, 0.3) is 5.91 Å². The van der Waals surface area contributed by atoms with Gasteiger partial charge in [-0.3, -0.25) is 9.59 Å². The van der Waals surface area contributed by atoms with Gasteiger partial charge in [0.05, 0.1) is 6.04 Å². The highest BCUT2D eigenvalue weighted by Gasteiger charge is 2.24. The molecule has 146 valence electrons. The SMILES string of the molecule is C[C@H](N)C(=O)N[C@H](C=CC(=O)N1CCc2ccccc21)CC1CCCCC1. The molecule has 1 aliphatic carbocycles. The van der Waals surface area contributed by atoms with Gasteiger partial charge in [-0.1, -0.05) is 56.4 Å². The molecule has 1 saturated carbocycles. The van der Waals surface area contributed by atoms with Crippen LogP contribution in [0.3, 0.4) is 0 Å². The maximum Gasteiger partial charge on any atom is 0.250 e. The van der Waals surface area contributed by atoms with E-state index in [4.69, 9.17) is 5.73 Å². The maximum absolute atomic E-state index is 12.7. The molecule has 0 unspecified atom stereocenters. The van der Waals surface area contributed by atoms with Crippen LogP contribution >= 0.6 is 0 Å². The molecule has 2 aliphatic rings. The second-order valence-corrected chi connectivity index (χ2v) is 7.87. The van der Waals surface area contributed by atoms with Crippen molar-refractivity contribution in [2.24, 2.45) is 11.7 Å². The summed E-state index contributed by atoms with van der Waals surface area (Å²) < 4.78 is 0. The Kier molecular flexibility index (Phi) is 6.67. The second-order valence-electron chi connectivity index (χ2n) is 7.87. The zero-order chi connectivity index (χ0) is 19.2. The van der Waals surface area contributed by atoms with Gasteiger partial charge in [-0.15, -0.1) is 0 Å². The van der Waals surface area contributed by atoms with Gasteiger partial charge < -0.3 is 16.0 Å². The van der Waals surface area contributed by atoms with Crippen molar-refractivity contribution in [1.29, 1.82) is 0 Å². The molecule has 0 spiro atoms. The molecule has 0 radical (unpaired) electrons. The molecule has 3 N–H and O–H groups in total. The van der Waals surface area contributed by atoms with E-state index in [1.165, 1.54) is 37.7 Å². The summed E-state index contributed by atoms with van der Waals surface area (Å²) in [5.41, 5.74) is 7.92. The average Bonchev–Trinajstić information content (AvgIpc) is 3.10. The summed E-state index contributed by atoms with van der Waals surface area (Å²) in [6, 6.07) is 7.34. The number of carbonyl (C=O) groups is 2. The van der Waals surface area contributed by atoms with Crippen LogP contribution in [0.1, 0.15) is 51.0 Å². The molecule has 2 atom stereocenters. The Balaban J connectivity index is 1.66. The normalized spacial score (nSPS) is 19.7. The third-order valence-corrected chi connectivity index (χ3v) is 5.68. The van der Waals surface area contributed by atoms with Crippen LogP contribution in [0.15, 0.2) is 36.4 Å². The lowest BCUT2D eigenvalue weighted by atomic mass is 9.84. The van der Waals surface area contributed by atoms with Crippen molar-refractivity contribution < 1.29 is 9.59 Å². The summed E-state index contributed by atoms with van der Waals surface area (Å²) in [5.74, 6) is 0.410. The zero-order valence-corrected chi connectivity index (χ0v) is 16.2. The molecule has 0 bridgehead atoms. The summed E-state index contributed by atoms with van der Waals surface area (Å²) in [5, 5.41) is 3.01. The van der Waals surface area contributed by atoms with Crippen molar-refractivity contribution in [3.8, 4) is 0 Å². The first-order valence-corrected chi connectivity index (χ1v) is 10.2. The molecule has 27 heavy (non-hydrogen) atoms. The number of hydrogen-bond acceptors (Lipinski definition) is 3. The van der Waals surface area contributed by atoms with E-state index in [0.29, 0.717) is 12.5 Å². The standard InChI is InChI=1S/C22H31N3O2/c1-16(23)22(27)24-19(15-17-7-3-2-4-8-17)11-12-21(26)25-14-13-18-9-5-6-10-20(18)25/h5-6,9-12,16-17,19H,2-4,7-8,13-15,23H2,1H3,(H,24,27)/t16-,19+/m0/s1. The van der Waals surface area contributed by atoms with Gasteiger partial charge in [0.1, 0.15) is 0 Å². The van der Waals surface area contributed by atoms with E-state index in [1.54, 1.807) is 13.0 Å². The molecule has 2 amide bonds. The predicted molar refractivity (Wildman–Crippen MR) is 108 cm³/mol. The van der Waals surface area contributed by atoms with Crippen molar-refractivity contribution in [2.45, 2.75) is 64.0 Å². The minimum atomic E-state index is -0.548. The average molecular weight is 370 g/mol. The molecule has 1 heterocycles. The number of nitrogens with zero attached hydrogens (tertiary/aromatic N) is 1. The van der Waals surface area contributed by atoms with Gasteiger partial charge in [-0.2, -0.15) is 0 Å². The quantitative estimate of drug-likeness (QED) is 0.757. The molecule has 0 saturated heterocycles. The van der Waals surface area contributed by atoms with Crippen molar-refractivity contribution in [2.75, 3.05) is 11.4 Å². The fraction of sp³-hybridized carbons (Fsp3) is 0.545. The van der Waals surface area contributed by atoms with Crippen LogP contribution in [0, 0.1) is 5.92 Å². The lowest BCUT2D eigenvalue weighted by molar-refractivity contribution is -0.122. The first-order chi connectivity index (χ1) is 13.0. The maximum atomic E-state index is 12.7. The van der Waals surface area contributed by atoms with Crippen LogP contribution < -0.4 is 16.0 Å². The van der Waals surface area contributed by atoms with E-state index >= 15 is 0 Å². The molecule has 1 fully saturated rings. The largest absolute Gasteiger partial charge is 0.349 e. The Morgan fingerprint density at radius 3 is 2.74 bits per heavy atom. The fourth-order valence-corrected chi connectivity index (χ4v) is 4.14. The van der Waals surface area contributed by atoms with Gasteiger partial charge in [-0.25, -0.2) is 0 Å². The Bertz CT molecular complexity index is 693. The first-order valence-electron chi connectivity index (χ1n) is 10.2. The van der Waals surface area contributed by atoms with Crippen LogP contribution in [-0.2, 0) is 16.0 Å². The van der Waals surface area contributed by atoms with Crippen molar-refractivity contribution >= 4 is 17.5 Å². The Hall–Kier alpha value is -2.14. The van der Waals surface area contributed by atoms with E-state index in [0.717, 1.165) is 18.5 Å². The number of para-hydroxylation sites is 1. The third kappa shape index (κ3) is 5.19. The fourth-order valence-electron chi connectivity index (χ4n) is 4.14. The van der Waals surface area contributed by atoms with Gasteiger partial charge in [0.2, 0.25) is 5.91 Å². The molecule has 1 aromatic carbocycles. The number of amides is 2. The molecule has 1 aliphatic heterocycles. The van der Waals surface area contributed by atoms with Crippen LogP contribution in [0.5, 0.6) is 0 Å². The summed E-state index contributed by atoms with van der Waals surface area (Å²) in [6.45, 7) is 2.39. The van der Waals surface area contributed by atoms with Crippen LogP contribution in [-0.4, -0.2) is 30.4 Å². The first kappa shape index (κ1) is 19.6. The Morgan fingerprint density at radius 2 is 2.00 bits per heavy atom. The number of benzene rings is 1. The summed E-state index contributed by atoms with van der Waals surface area (Å²) in [6.07, 6.45) is 11.5. The number of anilines is 1. The number of hydrogen-bond donors (Lipinski definition) is 2. The highest BCUT2D eigenvalue weighted by atomic mass is 16.2. The molecule has 5 nitrogen and oxygen atoms in total. The van der Waals surface area contributed by atoms with Crippen molar-refractivity contribution in [3.05, 3.63) is 42.0 Å². The van der Waals surface area contributed by atoms with E-state index in [-0.39, 0.29) is 17.9 Å². The summed E-state index contributed by atoms with van der Waals surface area (Å²) in [4.78, 5) is 26.6. The van der Waals surface area contributed by atoms with Gasteiger partial charge in [-0.05, 0) is 37.3 Å². The van der Waals surface area contributed by atoms with Gasteiger partial charge in [0, 0.05) is 24.4 Å². The molecule has 5 heteroatoms. The minimum Gasteiger partial charge on any atom is -0.349 e. The number of nitrogens with two attached hydrogens (primary N) is 1. The van der Waals surface area contributed by atoms with E-state index in [1.807, 2.05) is 29.2 Å². The third-order valence-electron chi connectivity index (χ3n) is 5.68. The van der Waals surface area contributed by atoms with Gasteiger partial charge >= 0.3 is 0 Å². The monoisotopic (exact) mass is 369 g/mol. The molecule has 1 aromatic rings. The highest BCUT2D eigenvalue weighted by Crippen LogP contribution is 2.29. The number of carbonyl (C=O) groups excluding carboxylic acids is 2. The second kappa shape index (κ2) is 9.18. The molecule has 0 aromatic heterocycles. The number of rotatable bonds is 6. The predicted octanol–water partition coefficient (Wildman–Crippen LogP) is 2.93. The van der Waals surface area contributed by atoms with Crippen LogP contribution in [0.25, 0.3) is 0 Å². The van der Waals surface area contributed by atoms with E-state index in [2.05, 4.69) is 11.4 Å². The summed E-state index contributed by atoms with van der Waals surface area (Å²) >= 11 is 0. The number of nitrogens with one attached hydrogen (secondary N) is 1. The summed E-state index contributed by atoms with van der Waals surface area (Å²) in [7, 11) is 0. The minimum absolute atomic E-state index is 0.0244. The number of fused-ring (bicyclic) bond motifs is 1. The molecular weight excluding hydrogens is 338 g/mol. The lowest BCUT2D eigenvalue weighted by Crippen LogP contribution is -2.44. The van der Waals surface area contributed by atoms with Crippen molar-refractivity contribution in [1.82, 2.24) is 5.32 Å². The highest BCUT2D eigenvalue weighted by molar-refractivity contribution is 6.03. The Labute approximate surface area is 162 Å².